The van der Waals surface area contributed by atoms with Crippen molar-refractivity contribution in [2.75, 3.05) is 104 Å². The van der Waals surface area contributed by atoms with Crippen LogP contribution >= 0.6 is 0 Å². The van der Waals surface area contributed by atoms with E-state index in [2.05, 4.69) is 122 Å². The number of halogens is 19. The molecule has 1 unspecified atom stereocenters. The molecule has 1 aromatic heterocycles. The van der Waals surface area contributed by atoms with Crippen LogP contribution in [0.15, 0.2) is 151 Å². The lowest BCUT2D eigenvalue weighted by Crippen LogP contribution is -2.81. The Hall–Kier alpha value is -10.5. The van der Waals surface area contributed by atoms with E-state index in [4.69, 9.17) is 115 Å². The second-order valence-corrected chi connectivity index (χ2v) is 31.4. The summed E-state index contributed by atoms with van der Waals surface area (Å²) in [6, 6.07) is 36.1. The van der Waals surface area contributed by atoms with E-state index < -0.39 is 86.7 Å². The number of ether oxygens (including phenoxy) is 7. The van der Waals surface area contributed by atoms with Gasteiger partial charge in [0, 0.05) is 222 Å². The van der Waals surface area contributed by atoms with Crippen molar-refractivity contribution in [1.82, 2.24) is 30.3 Å². The van der Waals surface area contributed by atoms with Crippen LogP contribution in [0.1, 0.15) is 120 Å². The molecule has 9 heterocycles. The molecular formula is C86H107F19N8O14. The van der Waals surface area contributed by atoms with Crippen LogP contribution in [-0.2, 0) is 73.9 Å². The Kier molecular flexibility index (Phi) is 41.6. The molecule has 2 saturated carbocycles. The number of hydrogen-bond acceptors (Lipinski definition) is 19. The topological polar surface area (TPSA) is 246 Å². The van der Waals surface area contributed by atoms with Gasteiger partial charge in [-0.05, 0) is 110 Å². The van der Waals surface area contributed by atoms with E-state index in [-0.39, 0.29) is 62.4 Å². The molecule has 10 aliphatic rings. The zero-order valence-corrected chi connectivity index (χ0v) is 70.4. The number of H-pyrrole nitrogens is 1. The Bertz CT molecular complexity index is 4610. The van der Waals surface area contributed by atoms with Crippen LogP contribution < -0.4 is 29.9 Å². The molecule has 2 amide bonds. The highest BCUT2D eigenvalue weighted by Gasteiger charge is 2.80. The van der Waals surface area contributed by atoms with E-state index in [1.165, 1.54) is 26.5 Å². The number of nitrogens with one attached hydrogen (secondary N) is 3. The van der Waals surface area contributed by atoms with Gasteiger partial charge in [-0.2, -0.15) is 0 Å². The molecule has 22 nitrogen and oxygen atoms in total. The summed E-state index contributed by atoms with van der Waals surface area (Å²) in [7, 11) is 8.72. The summed E-state index contributed by atoms with van der Waals surface area (Å²) in [6.45, 7) is 14.5. The molecule has 2 saturated heterocycles. The summed E-state index contributed by atoms with van der Waals surface area (Å²) >= 11 is 0. The number of benzene rings is 5. The average Bonchev–Trinajstić information content (AvgIpc) is 1.51. The number of carbonyl (C=O) groups excluding carboxylic acids is 5. The van der Waals surface area contributed by atoms with Crippen LogP contribution in [0.3, 0.4) is 0 Å². The van der Waals surface area contributed by atoms with Gasteiger partial charge in [-0.1, -0.05) is 149 Å². The Morgan fingerprint density at radius 2 is 1.01 bits per heavy atom. The van der Waals surface area contributed by atoms with Gasteiger partial charge in [0.2, 0.25) is 0 Å². The fourth-order valence-corrected chi connectivity index (χ4v) is 22.6. The molecule has 5 aromatic carbocycles. The van der Waals surface area contributed by atoms with Crippen molar-refractivity contribution in [3.63, 3.8) is 0 Å². The van der Waals surface area contributed by atoms with E-state index in [0.717, 1.165) is 114 Å². The largest absolute Gasteiger partial charge is 0.497 e. The Balaban J connectivity index is 0.000000477. The Morgan fingerprint density at radius 3 is 1.45 bits per heavy atom. The van der Waals surface area contributed by atoms with Crippen molar-refractivity contribution in [3.05, 3.63) is 190 Å². The van der Waals surface area contributed by atoms with E-state index >= 15 is 4.79 Å². The first-order valence-corrected chi connectivity index (χ1v) is 39.4. The Labute approximate surface area is 721 Å². The van der Waals surface area contributed by atoms with E-state index in [1.807, 2.05) is 99.0 Å². The second kappa shape index (κ2) is 48.6. The van der Waals surface area contributed by atoms with Gasteiger partial charge in [-0.25, -0.2) is 9.59 Å². The number of nitrogens with zero attached hydrogens (tertiary/aromatic N) is 5. The van der Waals surface area contributed by atoms with Gasteiger partial charge < -0.3 is 68.8 Å². The minimum atomic E-state index is -1.85. The molecule has 0 radical (unpaired) electrons. The van der Waals surface area contributed by atoms with Crippen LogP contribution in [0.5, 0.6) is 11.5 Å². The molecule has 2 aliphatic carbocycles. The number of amides is 2. The zero-order chi connectivity index (χ0) is 93.2. The number of esters is 3. The molecule has 2 spiro atoms. The van der Waals surface area contributed by atoms with Crippen molar-refractivity contribution in [2.45, 2.75) is 164 Å². The number of anilines is 2. The minimum Gasteiger partial charge on any atom is -0.497 e. The molecule has 5 N–H and O–H groups in total. The summed E-state index contributed by atoms with van der Waals surface area (Å²) in [5.74, 6) is -0.0829. The number of aromatic nitrogens is 1. The predicted molar refractivity (Wildman–Crippen MR) is 435 cm³/mol. The van der Waals surface area contributed by atoms with Crippen LogP contribution in [0.2, 0.25) is 0 Å². The molecule has 6 aromatic rings. The molecule has 41 heteroatoms. The third-order valence-corrected chi connectivity index (χ3v) is 26.3. The number of aliphatic hydroxyl groups is 2. The lowest BCUT2D eigenvalue weighted by molar-refractivity contribution is -0.217. The van der Waals surface area contributed by atoms with Crippen LogP contribution in [0, 0.1) is 16.7 Å². The molecule has 15 atom stereocenters. The molecule has 8 aliphatic heterocycles. The summed E-state index contributed by atoms with van der Waals surface area (Å²) < 4.78 is 186. The van der Waals surface area contributed by atoms with Crippen molar-refractivity contribution >= 4 is 52.4 Å². The van der Waals surface area contributed by atoms with Gasteiger partial charge in [0.25, 0.3) is 0 Å². The third kappa shape index (κ3) is 19.6. The number of fused-ring (bicyclic) bond motifs is 7. The summed E-state index contributed by atoms with van der Waals surface area (Å²) in [5.41, 5.74) is 2.91. The van der Waals surface area contributed by atoms with Crippen molar-refractivity contribution in [1.29, 1.82) is 0 Å². The maximum Gasteiger partial charge on any atom is 0.407 e. The highest BCUT2D eigenvalue weighted by Crippen LogP contribution is 2.70. The van der Waals surface area contributed by atoms with Gasteiger partial charge in [-0.15, -0.1) is 0 Å². The third-order valence-electron chi connectivity index (χ3n) is 26.3. The number of para-hydroxylation sites is 1. The zero-order valence-electron chi connectivity index (χ0n) is 70.4. The maximum absolute atomic E-state index is 15.5. The van der Waals surface area contributed by atoms with E-state index in [0.29, 0.717) is 50.1 Å². The van der Waals surface area contributed by atoms with Crippen molar-refractivity contribution in [3.8, 4) is 11.5 Å². The van der Waals surface area contributed by atoms with Gasteiger partial charge in [0.05, 0.1) is 46.5 Å². The number of aromatic amines is 1. The maximum atomic E-state index is 15.5. The highest BCUT2D eigenvalue weighted by molar-refractivity contribution is 5.94. The first-order chi connectivity index (χ1) is 60.6. The standard InChI is InChI=1S/C53H63N5O8.C32H39N3O6.CH4.9F2.FH/c1-7-34-25-36-28-52(48(60)64-6,44-38(19-23-57(29-34)30-36)37-17-12-13-18-41(37)55-44)40-26-39-42(27-43(40)63-5)56(4)46-51(39)21-24-58-22-14-20-50(8-2,45(51)58)47(66-33(3)59)53(46,62)32-54-49(61)65-31-35-15-10-9-11-16-35;1-5-30-14-9-16-35-17-15-31(26(30)35)24-13-12-23(39-4)18-25(24)34(3)27(31)32(38,28(30)41-21(2)36)20-33-29(37)40-19-22-10-7-6-8-11-22;;9*1-2;/h9-18,20,25-27,36,45-47,55,62H,7-8,19,21-24,28-32H2,1-6H3,(H,54,61);6-14,18,26-28,38H,5,15-17,19-20H2,1-4H3,(H,33,37);1H4;;;;;;;;;;1H/t36-,45-,46+,47+,50+,51+,52-,53-;26-,27+,28+,30+,31+,32-;;;;;;;;;;;/m00.........../s1. The van der Waals surface area contributed by atoms with Crippen LogP contribution in [-0.4, -0.2) is 202 Å². The second-order valence-electron chi connectivity index (χ2n) is 31.4. The summed E-state index contributed by atoms with van der Waals surface area (Å²) in [5, 5.41) is 33.8. The van der Waals surface area contributed by atoms with Crippen molar-refractivity contribution in [2.24, 2.45) is 16.7 Å². The fraction of sp³-hybridized carbons (Fsp3) is 0.500. The monoisotopic (exact) mass is 1840 g/mol. The van der Waals surface area contributed by atoms with Crippen LogP contribution in [0.4, 0.5) is 108 Å². The molecular weight excluding hydrogens is 1730 g/mol. The highest BCUT2D eigenvalue weighted by atomic mass is 20.0. The van der Waals surface area contributed by atoms with Crippen molar-refractivity contribution < 1.29 is 154 Å². The minimum absolute atomic E-state index is 0. The van der Waals surface area contributed by atoms with E-state index in [9.17, 15) is 29.4 Å². The lowest BCUT2D eigenvalue weighted by atomic mass is 9.47. The molecule has 708 valence electrons. The number of alkyl carbamates (subject to hydrolysis) is 2. The summed E-state index contributed by atoms with van der Waals surface area (Å²) in [6.07, 6.45) is 12.4. The molecule has 4 fully saturated rings. The molecule has 2 bridgehead atoms. The smallest absolute Gasteiger partial charge is 0.407 e. The first-order valence-electron chi connectivity index (χ1n) is 39.4. The average molecular weight is 1840 g/mol. The lowest BCUT2D eigenvalue weighted by Gasteiger charge is -2.64. The number of likely N-dealkylation sites (N-methyl/N-ethyl adjacent to an activating group) is 2. The van der Waals surface area contributed by atoms with E-state index in [1.54, 1.807) is 14.2 Å². The SMILES string of the molecule is C.CCC1=C[C@@H]2CN(CCc3c([nH]c4ccccc34)[C@@](C(=O)OC)(c3cc4c(cc3OC)N(C)[C@H]3[C@@](O)(CNC(=O)OCc5ccccc5)[C@H](OC(C)=O)[C@]5(CC)C=CCN6CC[C@]43[C@@H]65)C2)C1.CC[C@]12C=CCN3CC[C@@]4(c5ccc(OC)cc5N(C)[C@H]4[C@@](O)(CNC(=O)OCc4ccccc4)[C@@H]1OC(C)=O)[C@@H]32.F.FF.FF.FF.FF.FF.FF.FF.FF.FF. The quantitative estimate of drug-likeness (QED) is 0.0246. The van der Waals surface area contributed by atoms with Gasteiger partial charge in [-0.3, -0.25) is 33.8 Å². The van der Waals surface area contributed by atoms with Gasteiger partial charge >= 0.3 is 30.1 Å². The Morgan fingerprint density at radius 1 is 0.551 bits per heavy atom. The first kappa shape index (κ1) is 109. The number of methoxy groups -OCH3 is 3. The predicted octanol–water partition coefficient (Wildman–Crippen LogP) is 18.3. The molecule has 127 heavy (non-hydrogen) atoms. The van der Waals surface area contributed by atoms with Gasteiger partial charge in [0.15, 0.2) is 0 Å². The van der Waals surface area contributed by atoms with Crippen LogP contribution in [0.25, 0.3) is 10.9 Å². The normalized spacial score (nSPS) is 27.6. The van der Waals surface area contributed by atoms with Gasteiger partial charge in [0.1, 0.15) is 53.5 Å². The summed E-state index contributed by atoms with van der Waals surface area (Å²) in [4.78, 5) is 83.6. The fourth-order valence-electron chi connectivity index (χ4n) is 22.6. The number of carbonyl (C=O) groups is 5. The number of rotatable bonds is 17. The number of hydrogen-bond donors (Lipinski definition) is 5. The molecule has 16 rings (SSSR count).